The van der Waals surface area contributed by atoms with E-state index in [9.17, 15) is 18.0 Å². The van der Waals surface area contributed by atoms with Crippen LogP contribution in [-0.2, 0) is 0 Å². The van der Waals surface area contributed by atoms with E-state index in [-0.39, 0.29) is 23.4 Å². The highest BCUT2D eigenvalue weighted by molar-refractivity contribution is 6.05. The molecule has 2 aliphatic rings. The fourth-order valence-electron chi connectivity index (χ4n) is 3.61. The second-order valence-corrected chi connectivity index (χ2v) is 6.27. The van der Waals surface area contributed by atoms with Gasteiger partial charge in [0.1, 0.15) is 5.75 Å². The topological polar surface area (TPSA) is 61.5 Å². The van der Waals surface area contributed by atoms with Crippen LogP contribution in [0.2, 0.25) is 0 Å². The summed E-state index contributed by atoms with van der Waals surface area (Å²) in [7, 11) is 2.04. The van der Waals surface area contributed by atoms with Crippen LogP contribution in [0.5, 0.6) is 5.75 Å². The molecular formula is C15H15F3N4O2. The van der Waals surface area contributed by atoms with E-state index in [1.807, 2.05) is 7.05 Å². The Kier molecular flexibility index (Phi) is 3.24. The summed E-state index contributed by atoms with van der Waals surface area (Å²) >= 11 is 0. The number of halogens is 3. The van der Waals surface area contributed by atoms with Gasteiger partial charge in [-0.2, -0.15) is 5.10 Å². The summed E-state index contributed by atoms with van der Waals surface area (Å²) in [6.07, 6.45) is -3.80. The summed E-state index contributed by atoms with van der Waals surface area (Å²) < 4.78 is 40.7. The van der Waals surface area contributed by atoms with Crippen molar-refractivity contribution in [1.82, 2.24) is 20.0 Å². The molecule has 6 nitrogen and oxygen atoms in total. The van der Waals surface area contributed by atoms with Crippen molar-refractivity contribution < 1.29 is 22.7 Å². The number of fused-ring (bicyclic) bond motifs is 3. The van der Waals surface area contributed by atoms with E-state index >= 15 is 0 Å². The van der Waals surface area contributed by atoms with E-state index in [0.29, 0.717) is 23.5 Å². The van der Waals surface area contributed by atoms with Gasteiger partial charge in [-0.3, -0.25) is 14.8 Å². The third kappa shape index (κ3) is 2.48. The molecule has 2 aliphatic heterocycles. The lowest BCUT2D eigenvalue weighted by Gasteiger charge is -2.31. The van der Waals surface area contributed by atoms with E-state index in [1.54, 1.807) is 4.90 Å². The number of H-pyrrole nitrogens is 1. The maximum absolute atomic E-state index is 12.7. The number of ether oxygens (including phenoxy) is 1. The number of carbonyl (C=O) groups is 1. The van der Waals surface area contributed by atoms with Crippen molar-refractivity contribution in [2.24, 2.45) is 0 Å². The fraction of sp³-hybridized carbons (Fsp3) is 0.467. The van der Waals surface area contributed by atoms with Crippen LogP contribution in [0.1, 0.15) is 16.9 Å². The Morgan fingerprint density at radius 2 is 2.12 bits per heavy atom. The average molecular weight is 340 g/mol. The van der Waals surface area contributed by atoms with Gasteiger partial charge >= 0.3 is 6.36 Å². The van der Waals surface area contributed by atoms with Crippen molar-refractivity contribution in [3.8, 4) is 5.75 Å². The zero-order chi connectivity index (χ0) is 17.1. The number of rotatable bonds is 2. The molecular weight excluding hydrogens is 325 g/mol. The van der Waals surface area contributed by atoms with Crippen LogP contribution >= 0.6 is 0 Å². The van der Waals surface area contributed by atoms with Gasteiger partial charge in [0.15, 0.2) is 5.69 Å². The molecule has 1 N–H and O–H groups in total. The summed E-state index contributed by atoms with van der Waals surface area (Å²) in [4.78, 5) is 16.8. The Bertz CT molecular complexity index is 802. The van der Waals surface area contributed by atoms with E-state index in [0.717, 1.165) is 13.0 Å². The first kappa shape index (κ1) is 15.3. The zero-order valence-corrected chi connectivity index (χ0v) is 12.8. The van der Waals surface area contributed by atoms with Crippen molar-refractivity contribution in [2.75, 3.05) is 20.1 Å². The smallest absolute Gasteiger partial charge is 0.406 e. The summed E-state index contributed by atoms with van der Waals surface area (Å²) in [5.41, 5.74) is 0.570. The highest BCUT2D eigenvalue weighted by Gasteiger charge is 2.44. The van der Waals surface area contributed by atoms with Gasteiger partial charge in [0.25, 0.3) is 5.91 Å². The highest BCUT2D eigenvalue weighted by Crippen LogP contribution is 2.32. The van der Waals surface area contributed by atoms with Gasteiger partial charge in [-0.05, 0) is 25.6 Å². The maximum atomic E-state index is 12.7. The Morgan fingerprint density at radius 1 is 1.33 bits per heavy atom. The predicted molar refractivity (Wildman–Crippen MR) is 78.6 cm³/mol. The molecule has 0 saturated carbocycles. The van der Waals surface area contributed by atoms with Gasteiger partial charge in [-0.15, -0.1) is 13.2 Å². The molecule has 0 spiro atoms. The van der Waals surface area contributed by atoms with Crippen molar-refractivity contribution in [2.45, 2.75) is 24.9 Å². The largest absolute Gasteiger partial charge is 0.573 e. The Hall–Kier alpha value is -2.29. The molecule has 2 saturated heterocycles. The number of aromatic nitrogens is 2. The van der Waals surface area contributed by atoms with Crippen molar-refractivity contribution in [1.29, 1.82) is 0 Å². The lowest BCUT2D eigenvalue weighted by molar-refractivity contribution is -0.274. The Labute approximate surface area is 135 Å². The van der Waals surface area contributed by atoms with Crippen LogP contribution < -0.4 is 4.74 Å². The average Bonchev–Trinajstić information content (AvgIpc) is 3.17. The first-order valence-corrected chi connectivity index (χ1v) is 7.57. The minimum Gasteiger partial charge on any atom is -0.406 e. The minimum atomic E-state index is -4.76. The number of nitrogens with one attached hydrogen (secondary N) is 1. The molecule has 24 heavy (non-hydrogen) atoms. The number of likely N-dealkylation sites (tertiary alicyclic amines) is 2. The summed E-state index contributed by atoms with van der Waals surface area (Å²) in [6, 6.07) is 4.35. The highest BCUT2D eigenvalue weighted by atomic mass is 19.4. The van der Waals surface area contributed by atoms with Gasteiger partial charge in [-0.1, -0.05) is 0 Å². The van der Waals surface area contributed by atoms with Crippen molar-refractivity contribution in [3.63, 3.8) is 0 Å². The number of carbonyl (C=O) groups excluding carboxylic acids is 1. The molecule has 2 fully saturated rings. The number of nitrogens with zero attached hydrogens (tertiary/aromatic N) is 3. The molecule has 0 unspecified atom stereocenters. The quantitative estimate of drug-likeness (QED) is 0.908. The monoisotopic (exact) mass is 340 g/mol. The molecule has 4 rings (SSSR count). The van der Waals surface area contributed by atoms with Crippen LogP contribution in [0.4, 0.5) is 13.2 Å². The number of alkyl halides is 3. The molecule has 0 radical (unpaired) electrons. The van der Waals surface area contributed by atoms with Gasteiger partial charge in [0, 0.05) is 36.6 Å². The maximum Gasteiger partial charge on any atom is 0.573 e. The van der Waals surface area contributed by atoms with E-state index in [1.165, 1.54) is 18.2 Å². The van der Waals surface area contributed by atoms with Crippen LogP contribution in [0.3, 0.4) is 0 Å². The number of likely N-dealkylation sites (N-methyl/N-ethyl adjacent to an activating group) is 1. The lowest BCUT2D eigenvalue weighted by Crippen LogP contribution is -2.47. The summed E-state index contributed by atoms with van der Waals surface area (Å²) in [6.45, 7) is 1.49. The van der Waals surface area contributed by atoms with Gasteiger partial charge in [0.05, 0.1) is 5.52 Å². The number of aromatic amines is 1. The lowest BCUT2D eigenvalue weighted by atomic mass is 10.1. The minimum absolute atomic E-state index is 0.173. The molecule has 128 valence electrons. The molecule has 3 heterocycles. The van der Waals surface area contributed by atoms with Crippen LogP contribution in [0.15, 0.2) is 18.2 Å². The summed E-state index contributed by atoms with van der Waals surface area (Å²) in [5.74, 6) is -0.536. The molecule has 1 aromatic carbocycles. The normalized spacial score (nSPS) is 24.1. The second-order valence-electron chi connectivity index (χ2n) is 6.27. The standard InChI is InChI=1S/C15H15F3N4O2/c1-21-6-9-4-8(21)7-22(9)14(23)13-11-3-2-10(24-15(16,17)18)5-12(11)19-20-13/h2-3,5,8-9H,4,6-7H2,1H3,(H,19,20)/t8-,9-/m0/s1. The van der Waals surface area contributed by atoms with Gasteiger partial charge < -0.3 is 9.64 Å². The number of hydrogen-bond acceptors (Lipinski definition) is 4. The van der Waals surface area contributed by atoms with E-state index in [2.05, 4.69) is 19.8 Å². The molecule has 2 aromatic rings. The first-order valence-electron chi connectivity index (χ1n) is 7.57. The van der Waals surface area contributed by atoms with E-state index in [4.69, 9.17) is 0 Å². The summed E-state index contributed by atoms with van der Waals surface area (Å²) in [5, 5.41) is 7.12. The fourth-order valence-corrected chi connectivity index (χ4v) is 3.61. The zero-order valence-electron chi connectivity index (χ0n) is 12.8. The van der Waals surface area contributed by atoms with Crippen LogP contribution in [0.25, 0.3) is 10.9 Å². The van der Waals surface area contributed by atoms with Crippen LogP contribution in [0, 0.1) is 0 Å². The predicted octanol–water partition coefficient (Wildman–Crippen LogP) is 1.99. The second kappa shape index (κ2) is 5.10. The Morgan fingerprint density at radius 3 is 2.75 bits per heavy atom. The van der Waals surface area contributed by atoms with Gasteiger partial charge in [0.2, 0.25) is 0 Å². The number of amides is 1. The number of benzene rings is 1. The van der Waals surface area contributed by atoms with Crippen molar-refractivity contribution in [3.05, 3.63) is 23.9 Å². The van der Waals surface area contributed by atoms with Crippen LogP contribution in [-0.4, -0.2) is 64.5 Å². The first-order chi connectivity index (χ1) is 11.3. The molecule has 2 atom stereocenters. The molecule has 9 heteroatoms. The molecule has 2 bridgehead atoms. The third-order valence-corrected chi connectivity index (χ3v) is 4.75. The SMILES string of the molecule is CN1C[C@@H]2C[C@H]1CN2C(=O)c1n[nH]c2cc(OC(F)(F)F)ccc12. The number of hydrogen-bond donors (Lipinski definition) is 1. The third-order valence-electron chi connectivity index (χ3n) is 4.75. The van der Waals surface area contributed by atoms with Gasteiger partial charge in [-0.25, -0.2) is 0 Å². The molecule has 0 aliphatic carbocycles. The van der Waals surface area contributed by atoms with Crippen molar-refractivity contribution >= 4 is 16.8 Å². The van der Waals surface area contributed by atoms with E-state index < -0.39 is 6.36 Å². The molecule has 1 aromatic heterocycles. The number of piperazine rings is 1. The molecule has 1 amide bonds. The Balaban J connectivity index is 1.60.